The molecule has 0 aliphatic carbocycles. The molecule has 19 heavy (non-hydrogen) atoms. The molecule has 0 amide bonds. The maximum Gasteiger partial charge on any atom is 0.307 e. The Morgan fingerprint density at radius 3 is 2.68 bits per heavy atom. The van der Waals surface area contributed by atoms with Gasteiger partial charge in [0.25, 0.3) is 0 Å². The first-order chi connectivity index (χ1) is 8.97. The third-order valence-electron chi connectivity index (χ3n) is 2.86. The number of rotatable bonds is 4. The van der Waals surface area contributed by atoms with Crippen LogP contribution in [0.3, 0.4) is 0 Å². The van der Waals surface area contributed by atoms with Crippen molar-refractivity contribution in [3.8, 4) is 11.1 Å². The molecule has 0 aliphatic rings. The fraction of sp³-hybridized carbons (Fsp3) is 0.286. The van der Waals surface area contributed by atoms with E-state index in [0.29, 0.717) is 5.56 Å². The predicted molar refractivity (Wildman–Crippen MR) is 69.3 cm³/mol. The van der Waals surface area contributed by atoms with E-state index in [1.165, 1.54) is 12.1 Å². The van der Waals surface area contributed by atoms with Crippen molar-refractivity contribution < 1.29 is 14.3 Å². The van der Waals surface area contributed by atoms with Gasteiger partial charge in [0.05, 0.1) is 12.6 Å². The first-order valence-corrected chi connectivity index (χ1v) is 6.02. The van der Waals surface area contributed by atoms with Crippen molar-refractivity contribution in [2.45, 2.75) is 26.3 Å². The highest BCUT2D eigenvalue weighted by molar-refractivity contribution is 5.71. The van der Waals surface area contributed by atoms with Crippen molar-refractivity contribution >= 4 is 5.97 Å². The molecule has 1 N–H and O–H groups in total. The summed E-state index contributed by atoms with van der Waals surface area (Å²) in [6.45, 7) is 4.01. The largest absolute Gasteiger partial charge is 0.481 e. The van der Waals surface area contributed by atoms with Crippen LogP contribution in [0.15, 0.2) is 30.6 Å². The van der Waals surface area contributed by atoms with Crippen molar-refractivity contribution in [2.24, 2.45) is 0 Å². The molecule has 5 heteroatoms. The Hall–Kier alpha value is -2.17. The Kier molecular flexibility index (Phi) is 3.64. The van der Waals surface area contributed by atoms with Crippen LogP contribution in [0.5, 0.6) is 0 Å². The minimum atomic E-state index is -1.04. The quantitative estimate of drug-likeness (QED) is 0.921. The fourth-order valence-corrected chi connectivity index (χ4v) is 1.80. The number of halogens is 1. The van der Waals surface area contributed by atoms with Crippen LogP contribution in [0.25, 0.3) is 11.1 Å². The lowest BCUT2D eigenvalue weighted by atomic mass is 10.0. The second kappa shape index (κ2) is 5.22. The third-order valence-corrected chi connectivity index (χ3v) is 2.86. The first kappa shape index (κ1) is 13.3. The van der Waals surface area contributed by atoms with E-state index in [-0.39, 0.29) is 18.0 Å². The zero-order chi connectivity index (χ0) is 14.0. The number of hydrogen-bond donors (Lipinski definition) is 1. The van der Waals surface area contributed by atoms with Gasteiger partial charge in [-0.15, -0.1) is 0 Å². The molecule has 0 atom stereocenters. The van der Waals surface area contributed by atoms with Gasteiger partial charge in [-0.05, 0) is 31.0 Å². The van der Waals surface area contributed by atoms with Crippen LogP contribution in [-0.4, -0.2) is 20.9 Å². The maximum absolute atomic E-state index is 13.8. The average Bonchev–Trinajstić information content (AvgIpc) is 2.80. The molecule has 4 nitrogen and oxygen atoms in total. The number of carboxylic acid groups (broad SMARTS) is 1. The van der Waals surface area contributed by atoms with Crippen LogP contribution in [0.2, 0.25) is 0 Å². The summed E-state index contributed by atoms with van der Waals surface area (Å²) in [5.74, 6) is -1.54. The summed E-state index contributed by atoms with van der Waals surface area (Å²) in [5, 5.41) is 12.9. The van der Waals surface area contributed by atoms with Gasteiger partial charge in [-0.2, -0.15) is 5.10 Å². The zero-order valence-corrected chi connectivity index (χ0v) is 10.8. The highest BCUT2D eigenvalue weighted by Gasteiger charge is 2.10. The summed E-state index contributed by atoms with van der Waals surface area (Å²) in [7, 11) is 0. The van der Waals surface area contributed by atoms with Crippen molar-refractivity contribution in [1.82, 2.24) is 9.78 Å². The molecular formula is C14H15FN2O2. The number of hydrogen-bond acceptors (Lipinski definition) is 2. The smallest absolute Gasteiger partial charge is 0.307 e. The van der Waals surface area contributed by atoms with Crippen LogP contribution < -0.4 is 0 Å². The molecule has 100 valence electrons. The van der Waals surface area contributed by atoms with Crippen molar-refractivity contribution in [2.75, 3.05) is 0 Å². The van der Waals surface area contributed by atoms with Gasteiger partial charge in [0.15, 0.2) is 0 Å². The standard InChI is InChI=1S/C14H15FN2O2/c1-9(2)17-8-12(7-16-17)10-3-4-11(6-14(18)19)13(15)5-10/h3-5,7-9H,6H2,1-2H3,(H,18,19). The number of aliphatic carboxylic acids is 1. The molecule has 1 aromatic carbocycles. The summed E-state index contributed by atoms with van der Waals surface area (Å²) in [4.78, 5) is 10.6. The van der Waals surface area contributed by atoms with E-state index >= 15 is 0 Å². The number of aromatic nitrogens is 2. The molecule has 0 aliphatic heterocycles. The van der Waals surface area contributed by atoms with Crippen LogP contribution in [0, 0.1) is 5.82 Å². The monoisotopic (exact) mass is 262 g/mol. The second-order valence-electron chi connectivity index (χ2n) is 4.68. The first-order valence-electron chi connectivity index (χ1n) is 6.02. The normalized spacial score (nSPS) is 10.9. The summed E-state index contributed by atoms with van der Waals surface area (Å²) >= 11 is 0. The van der Waals surface area contributed by atoms with Gasteiger partial charge in [-0.1, -0.05) is 12.1 Å². The predicted octanol–water partition coefficient (Wildman–Crippen LogP) is 2.90. The van der Waals surface area contributed by atoms with Crippen LogP contribution in [0.4, 0.5) is 4.39 Å². The molecule has 0 spiro atoms. The fourth-order valence-electron chi connectivity index (χ4n) is 1.80. The lowest BCUT2D eigenvalue weighted by molar-refractivity contribution is -0.136. The summed E-state index contributed by atoms with van der Waals surface area (Å²) in [6, 6.07) is 4.80. The van der Waals surface area contributed by atoms with Crippen LogP contribution >= 0.6 is 0 Å². The van der Waals surface area contributed by atoms with Gasteiger partial charge in [-0.25, -0.2) is 4.39 Å². The van der Waals surface area contributed by atoms with E-state index in [0.717, 1.165) is 5.56 Å². The Morgan fingerprint density at radius 1 is 1.42 bits per heavy atom. The number of carboxylic acids is 1. The molecular weight excluding hydrogens is 247 g/mol. The van der Waals surface area contributed by atoms with E-state index < -0.39 is 11.8 Å². The Morgan fingerprint density at radius 2 is 2.16 bits per heavy atom. The highest BCUT2D eigenvalue weighted by atomic mass is 19.1. The molecule has 0 radical (unpaired) electrons. The molecule has 0 unspecified atom stereocenters. The average molecular weight is 262 g/mol. The minimum absolute atomic E-state index is 0.188. The van der Waals surface area contributed by atoms with Crippen molar-refractivity contribution in [3.05, 3.63) is 42.0 Å². The maximum atomic E-state index is 13.8. The molecule has 2 rings (SSSR count). The van der Waals surface area contributed by atoms with Gasteiger partial charge < -0.3 is 5.11 Å². The summed E-state index contributed by atoms with van der Waals surface area (Å²) < 4.78 is 15.6. The van der Waals surface area contributed by atoms with E-state index in [9.17, 15) is 9.18 Å². The number of carbonyl (C=O) groups is 1. The summed E-state index contributed by atoms with van der Waals surface area (Å²) in [6.07, 6.45) is 3.21. The van der Waals surface area contributed by atoms with Gasteiger partial charge in [0.2, 0.25) is 0 Å². The van der Waals surface area contributed by atoms with Gasteiger partial charge >= 0.3 is 5.97 Å². The van der Waals surface area contributed by atoms with Crippen molar-refractivity contribution in [3.63, 3.8) is 0 Å². The third kappa shape index (κ3) is 2.99. The molecule has 1 heterocycles. The molecule has 0 bridgehead atoms. The SMILES string of the molecule is CC(C)n1cc(-c2ccc(CC(=O)O)c(F)c2)cn1. The minimum Gasteiger partial charge on any atom is -0.481 e. The van der Waals surface area contributed by atoms with Crippen LogP contribution in [0.1, 0.15) is 25.5 Å². The van der Waals surface area contributed by atoms with Crippen molar-refractivity contribution in [1.29, 1.82) is 0 Å². The number of benzene rings is 1. The lowest BCUT2D eigenvalue weighted by Crippen LogP contribution is -2.02. The molecule has 2 aromatic rings. The Bertz CT molecular complexity index is 605. The van der Waals surface area contributed by atoms with E-state index in [1.807, 2.05) is 20.0 Å². The highest BCUT2D eigenvalue weighted by Crippen LogP contribution is 2.22. The van der Waals surface area contributed by atoms with E-state index in [4.69, 9.17) is 5.11 Å². The molecule has 0 saturated heterocycles. The van der Waals surface area contributed by atoms with Gasteiger partial charge in [0.1, 0.15) is 5.82 Å². The Balaban J connectivity index is 2.30. The second-order valence-corrected chi connectivity index (χ2v) is 4.68. The van der Waals surface area contributed by atoms with Crippen LogP contribution in [-0.2, 0) is 11.2 Å². The molecule has 0 fully saturated rings. The molecule has 1 aromatic heterocycles. The van der Waals surface area contributed by atoms with Gasteiger partial charge in [0, 0.05) is 17.8 Å². The topological polar surface area (TPSA) is 55.1 Å². The number of nitrogens with zero attached hydrogens (tertiary/aromatic N) is 2. The molecule has 0 saturated carbocycles. The van der Waals surface area contributed by atoms with Gasteiger partial charge in [-0.3, -0.25) is 9.48 Å². The Labute approximate surface area is 110 Å². The van der Waals surface area contributed by atoms with E-state index in [2.05, 4.69) is 5.10 Å². The lowest BCUT2D eigenvalue weighted by Gasteiger charge is -2.04. The summed E-state index contributed by atoms with van der Waals surface area (Å²) in [5.41, 5.74) is 1.69. The van der Waals surface area contributed by atoms with E-state index in [1.54, 1.807) is 16.9 Å². The zero-order valence-electron chi connectivity index (χ0n) is 10.8.